The van der Waals surface area contributed by atoms with E-state index < -0.39 is 15.8 Å². The summed E-state index contributed by atoms with van der Waals surface area (Å²) in [5.41, 5.74) is 1.08. The van der Waals surface area contributed by atoms with Crippen molar-refractivity contribution in [3.63, 3.8) is 0 Å². The number of hydrogen-bond donors (Lipinski definition) is 2. The van der Waals surface area contributed by atoms with E-state index in [9.17, 15) is 18.0 Å². The van der Waals surface area contributed by atoms with Crippen molar-refractivity contribution in [3.05, 3.63) is 96.3 Å². The quantitative estimate of drug-likeness (QED) is 0.328. The fourth-order valence-electron chi connectivity index (χ4n) is 3.26. The summed E-state index contributed by atoms with van der Waals surface area (Å²) in [5, 5.41) is 20.4. The van der Waals surface area contributed by atoms with Crippen LogP contribution < -0.4 is 5.32 Å². The fraction of sp³-hybridized carbons (Fsp3) is 0.0833. The molecule has 0 bridgehead atoms. The summed E-state index contributed by atoms with van der Waals surface area (Å²) in [6.45, 7) is 0. The van der Waals surface area contributed by atoms with Crippen LogP contribution in [0.3, 0.4) is 0 Å². The maximum absolute atomic E-state index is 12.9. The molecule has 178 valence electrons. The maximum atomic E-state index is 12.9. The highest BCUT2D eigenvalue weighted by Crippen LogP contribution is 2.25. The minimum Gasteiger partial charge on any atom is -0.478 e. The Morgan fingerprint density at radius 3 is 2.29 bits per heavy atom. The Bertz CT molecular complexity index is 1460. The predicted octanol–water partition coefficient (Wildman–Crippen LogP) is 3.67. The first kappa shape index (κ1) is 24.2. The van der Waals surface area contributed by atoms with Gasteiger partial charge in [-0.1, -0.05) is 54.2 Å². The van der Waals surface area contributed by atoms with E-state index in [0.29, 0.717) is 16.5 Å². The Morgan fingerprint density at radius 1 is 0.914 bits per heavy atom. The Balaban J connectivity index is 1.55. The third-order valence-corrected chi connectivity index (χ3v) is 7.42. The van der Waals surface area contributed by atoms with Gasteiger partial charge in [0.25, 0.3) is 0 Å². The van der Waals surface area contributed by atoms with E-state index in [0.717, 1.165) is 11.8 Å². The van der Waals surface area contributed by atoms with Gasteiger partial charge in [-0.2, -0.15) is 0 Å². The van der Waals surface area contributed by atoms with Crippen LogP contribution in [0, 0.1) is 0 Å². The van der Waals surface area contributed by atoms with Crippen molar-refractivity contribution in [1.82, 2.24) is 14.8 Å². The van der Waals surface area contributed by atoms with E-state index in [2.05, 4.69) is 15.5 Å². The summed E-state index contributed by atoms with van der Waals surface area (Å²) < 4.78 is 27.5. The lowest BCUT2D eigenvalue weighted by Gasteiger charge is -2.11. The van der Waals surface area contributed by atoms with Crippen molar-refractivity contribution in [1.29, 1.82) is 0 Å². The topological polar surface area (TPSA) is 131 Å². The molecule has 1 aromatic heterocycles. The smallest absolute Gasteiger partial charge is 0.335 e. The molecule has 2 N–H and O–H groups in total. The van der Waals surface area contributed by atoms with Gasteiger partial charge in [-0.3, -0.25) is 9.36 Å². The molecule has 0 radical (unpaired) electrons. The van der Waals surface area contributed by atoms with Crippen molar-refractivity contribution in [3.8, 4) is 5.69 Å². The van der Waals surface area contributed by atoms with Crippen LogP contribution in [0.1, 0.15) is 16.2 Å². The first-order valence-electron chi connectivity index (χ1n) is 10.4. The molecule has 35 heavy (non-hydrogen) atoms. The highest BCUT2D eigenvalue weighted by molar-refractivity contribution is 7.99. The van der Waals surface area contributed by atoms with Gasteiger partial charge >= 0.3 is 5.97 Å². The molecule has 0 atom stereocenters. The van der Waals surface area contributed by atoms with Gasteiger partial charge in [0.05, 0.1) is 16.2 Å². The molecule has 0 saturated heterocycles. The molecule has 0 saturated carbocycles. The van der Waals surface area contributed by atoms with Crippen LogP contribution in [0.25, 0.3) is 5.69 Å². The lowest BCUT2D eigenvalue weighted by atomic mass is 10.2. The zero-order chi connectivity index (χ0) is 24.8. The summed E-state index contributed by atoms with van der Waals surface area (Å²) in [5.74, 6) is -1.67. The van der Waals surface area contributed by atoms with Gasteiger partial charge in [0.15, 0.2) is 20.8 Å². The molecular formula is C24H20N4O5S2. The number of carboxylic acids is 1. The molecular weight excluding hydrogens is 488 g/mol. The molecule has 1 amide bonds. The molecule has 11 heteroatoms. The Morgan fingerprint density at radius 2 is 1.60 bits per heavy atom. The van der Waals surface area contributed by atoms with Crippen LogP contribution in [0.5, 0.6) is 0 Å². The molecule has 4 rings (SSSR count). The van der Waals surface area contributed by atoms with Gasteiger partial charge in [0, 0.05) is 11.4 Å². The van der Waals surface area contributed by atoms with Crippen molar-refractivity contribution in [2.75, 3.05) is 11.1 Å². The summed E-state index contributed by atoms with van der Waals surface area (Å²) in [4.78, 5) is 23.8. The SMILES string of the molecule is O=C(CSc1nnc(CS(=O)(=O)c2ccccc2)n1-c1ccccc1)Nc1cccc(C(=O)O)c1. The van der Waals surface area contributed by atoms with Gasteiger partial charge in [-0.05, 0) is 42.5 Å². The largest absolute Gasteiger partial charge is 0.478 e. The number of aromatic carboxylic acids is 1. The first-order chi connectivity index (χ1) is 16.8. The average molecular weight is 509 g/mol. The molecule has 0 aliphatic carbocycles. The number of carbonyl (C=O) groups is 2. The number of hydrogen-bond acceptors (Lipinski definition) is 7. The number of nitrogens with one attached hydrogen (secondary N) is 1. The van der Waals surface area contributed by atoms with Gasteiger partial charge in [-0.25, -0.2) is 13.2 Å². The Kier molecular flexibility index (Phi) is 7.28. The summed E-state index contributed by atoms with van der Waals surface area (Å²) in [6, 6.07) is 23.1. The van der Waals surface area contributed by atoms with Crippen LogP contribution in [0.2, 0.25) is 0 Å². The summed E-state index contributed by atoms with van der Waals surface area (Å²) >= 11 is 1.09. The number of para-hydroxylation sites is 1. The van der Waals surface area contributed by atoms with Crippen LogP contribution in [-0.2, 0) is 20.4 Å². The third kappa shape index (κ3) is 5.94. The van der Waals surface area contributed by atoms with Crippen LogP contribution in [0.15, 0.2) is 95.0 Å². The van der Waals surface area contributed by atoms with Crippen molar-refractivity contribution in [2.45, 2.75) is 15.8 Å². The molecule has 0 spiro atoms. The molecule has 0 aliphatic heterocycles. The number of rotatable bonds is 9. The van der Waals surface area contributed by atoms with E-state index in [1.807, 2.05) is 6.07 Å². The van der Waals surface area contributed by atoms with E-state index in [-0.39, 0.29) is 33.7 Å². The number of benzene rings is 3. The van der Waals surface area contributed by atoms with E-state index >= 15 is 0 Å². The summed E-state index contributed by atoms with van der Waals surface area (Å²) in [6.07, 6.45) is 0. The standard InChI is InChI=1S/C24H20N4O5S2/c29-22(25-18-9-7-8-17(14-18)23(30)31)15-34-24-27-26-21(28(24)19-10-3-1-4-11-19)16-35(32,33)20-12-5-2-6-13-20/h1-14H,15-16H2,(H,25,29)(H,30,31). The minimum atomic E-state index is -3.67. The summed E-state index contributed by atoms with van der Waals surface area (Å²) in [7, 11) is -3.67. The van der Waals surface area contributed by atoms with E-state index in [1.54, 1.807) is 53.1 Å². The number of anilines is 1. The van der Waals surface area contributed by atoms with E-state index in [4.69, 9.17) is 5.11 Å². The molecule has 4 aromatic rings. The number of sulfone groups is 1. The maximum Gasteiger partial charge on any atom is 0.335 e. The second-order valence-corrected chi connectivity index (χ2v) is 10.3. The zero-order valence-corrected chi connectivity index (χ0v) is 19.9. The number of carboxylic acid groups (broad SMARTS) is 1. The fourth-order valence-corrected chi connectivity index (χ4v) is 5.30. The molecule has 1 heterocycles. The van der Waals surface area contributed by atoms with Gasteiger partial charge in [-0.15, -0.1) is 10.2 Å². The third-order valence-electron chi connectivity index (χ3n) is 4.86. The molecule has 3 aromatic carbocycles. The van der Waals surface area contributed by atoms with E-state index in [1.165, 1.54) is 30.3 Å². The molecule has 9 nitrogen and oxygen atoms in total. The second kappa shape index (κ2) is 10.5. The number of amides is 1. The van der Waals surface area contributed by atoms with Crippen LogP contribution >= 0.6 is 11.8 Å². The highest BCUT2D eigenvalue weighted by atomic mass is 32.2. The van der Waals surface area contributed by atoms with Crippen molar-refractivity contribution >= 4 is 39.2 Å². The van der Waals surface area contributed by atoms with Gasteiger partial charge < -0.3 is 10.4 Å². The number of thioether (sulfide) groups is 1. The molecule has 0 aliphatic rings. The predicted molar refractivity (Wildman–Crippen MR) is 131 cm³/mol. The zero-order valence-electron chi connectivity index (χ0n) is 18.2. The Hall–Kier alpha value is -3.96. The minimum absolute atomic E-state index is 0.0479. The van der Waals surface area contributed by atoms with Crippen molar-refractivity contribution in [2.24, 2.45) is 0 Å². The average Bonchev–Trinajstić information content (AvgIpc) is 3.25. The van der Waals surface area contributed by atoms with Crippen LogP contribution in [0.4, 0.5) is 5.69 Å². The Labute approximate surface area is 205 Å². The lowest BCUT2D eigenvalue weighted by Crippen LogP contribution is -2.15. The first-order valence-corrected chi connectivity index (χ1v) is 13.0. The monoisotopic (exact) mass is 508 g/mol. The molecule has 0 unspecified atom stereocenters. The van der Waals surface area contributed by atoms with Crippen molar-refractivity contribution < 1.29 is 23.1 Å². The normalized spacial score (nSPS) is 11.2. The second-order valence-electron chi connectivity index (χ2n) is 7.36. The number of carbonyl (C=O) groups excluding carboxylic acids is 1. The van der Waals surface area contributed by atoms with Gasteiger partial charge in [0.2, 0.25) is 5.91 Å². The number of nitrogens with zero attached hydrogens (tertiary/aromatic N) is 3. The lowest BCUT2D eigenvalue weighted by molar-refractivity contribution is -0.113. The molecule has 0 fully saturated rings. The van der Waals surface area contributed by atoms with Gasteiger partial charge in [0.1, 0.15) is 5.75 Å². The number of aromatic nitrogens is 3. The van der Waals surface area contributed by atoms with Crippen LogP contribution in [-0.4, -0.2) is 45.9 Å². The highest BCUT2D eigenvalue weighted by Gasteiger charge is 2.23.